The van der Waals surface area contributed by atoms with Crippen molar-refractivity contribution in [1.82, 2.24) is 5.32 Å². The zero-order chi connectivity index (χ0) is 11.1. The summed E-state index contributed by atoms with van der Waals surface area (Å²) in [6.45, 7) is 2.47. The highest BCUT2D eigenvalue weighted by atomic mass is 15.0. The molecule has 3 aliphatic rings. The first kappa shape index (κ1) is 11.1. The van der Waals surface area contributed by atoms with E-state index in [2.05, 4.69) is 12.2 Å². The van der Waals surface area contributed by atoms with E-state index >= 15 is 0 Å². The van der Waals surface area contributed by atoms with Crippen LogP contribution >= 0.6 is 0 Å². The molecule has 0 amide bonds. The minimum absolute atomic E-state index is 0.496. The highest BCUT2D eigenvalue weighted by Gasteiger charge is 2.48. The third-order valence-electron chi connectivity index (χ3n) is 5.75. The summed E-state index contributed by atoms with van der Waals surface area (Å²) in [6, 6.07) is 0.871. The maximum Gasteiger partial charge on any atom is 0.0156 e. The van der Waals surface area contributed by atoms with E-state index in [0.29, 0.717) is 5.54 Å². The van der Waals surface area contributed by atoms with Gasteiger partial charge in [-0.3, -0.25) is 0 Å². The summed E-state index contributed by atoms with van der Waals surface area (Å²) in [5, 5.41) is 4.05. The molecule has 0 aliphatic heterocycles. The van der Waals surface area contributed by atoms with Gasteiger partial charge in [-0.2, -0.15) is 0 Å². The zero-order valence-corrected chi connectivity index (χ0v) is 10.9. The molecule has 1 unspecified atom stereocenters. The Hall–Kier alpha value is -0.0400. The van der Waals surface area contributed by atoms with Gasteiger partial charge in [0.05, 0.1) is 0 Å². The maximum absolute atomic E-state index is 4.05. The molecular formula is C15H27N. The van der Waals surface area contributed by atoms with Crippen LogP contribution in [0, 0.1) is 5.41 Å². The molecule has 16 heavy (non-hydrogen) atoms. The van der Waals surface area contributed by atoms with Gasteiger partial charge in [0, 0.05) is 11.6 Å². The second-order valence-corrected chi connectivity index (χ2v) is 6.93. The quantitative estimate of drug-likeness (QED) is 0.742. The standard InChI is InChI=1S/C15H27N/c1-14(8-5-6-9-14)16-13-7-12-15(13)10-3-2-4-11-15/h13,16H,2-12H2,1H3. The van der Waals surface area contributed by atoms with E-state index in [9.17, 15) is 0 Å². The highest BCUT2D eigenvalue weighted by molar-refractivity contribution is 5.05. The molecule has 0 heterocycles. The average molecular weight is 221 g/mol. The minimum atomic E-state index is 0.496. The van der Waals surface area contributed by atoms with Gasteiger partial charge in [0.25, 0.3) is 0 Å². The number of hydrogen-bond donors (Lipinski definition) is 1. The van der Waals surface area contributed by atoms with Crippen molar-refractivity contribution in [2.45, 2.75) is 89.1 Å². The van der Waals surface area contributed by atoms with Gasteiger partial charge in [-0.1, -0.05) is 32.1 Å². The Morgan fingerprint density at radius 1 is 0.812 bits per heavy atom. The highest BCUT2D eigenvalue weighted by Crippen LogP contribution is 2.52. The van der Waals surface area contributed by atoms with Crippen LogP contribution in [0.3, 0.4) is 0 Å². The van der Waals surface area contributed by atoms with Crippen molar-refractivity contribution in [3.63, 3.8) is 0 Å². The zero-order valence-electron chi connectivity index (χ0n) is 10.9. The van der Waals surface area contributed by atoms with Crippen LogP contribution in [0.1, 0.15) is 77.6 Å². The normalized spacial score (nSPS) is 36.2. The summed E-state index contributed by atoms with van der Waals surface area (Å²) in [5.41, 5.74) is 1.24. The smallest absolute Gasteiger partial charge is 0.0156 e. The molecule has 0 aromatic carbocycles. The van der Waals surface area contributed by atoms with E-state index in [0.717, 1.165) is 11.5 Å². The number of nitrogens with one attached hydrogen (secondary N) is 1. The van der Waals surface area contributed by atoms with Crippen LogP contribution in [0.2, 0.25) is 0 Å². The first-order valence-electron chi connectivity index (χ1n) is 7.50. The van der Waals surface area contributed by atoms with Gasteiger partial charge in [0.1, 0.15) is 0 Å². The predicted molar refractivity (Wildman–Crippen MR) is 68.5 cm³/mol. The molecule has 1 N–H and O–H groups in total. The third-order valence-corrected chi connectivity index (χ3v) is 5.75. The van der Waals surface area contributed by atoms with E-state index in [4.69, 9.17) is 0 Å². The Labute approximate surface area is 100 Å². The summed E-state index contributed by atoms with van der Waals surface area (Å²) >= 11 is 0. The average Bonchev–Trinajstić information content (AvgIpc) is 2.74. The molecule has 1 spiro atoms. The first-order chi connectivity index (χ1) is 7.73. The van der Waals surface area contributed by atoms with Gasteiger partial charge in [0.2, 0.25) is 0 Å². The second kappa shape index (κ2) is 4.01. The summed E-state index contributed by atoms with van der Waals surface area (Å²) in [7, 11) is 0. The predicted octanol–water partition coefficient (Wildman–Crippen LogP) is 4.02. The SMILES string of the molecule is CC1(NC2CCC23CCCCC3)CCCC1. The van der Waals surface area contributed by atoms with E-state index in [1.807, 2.05) is 0 Å². The molecule has 92 valence electrons. The lowest BCUT2D eigenvalue weighted by Gasteiger charge is -2.55. The van der Waals surface area contributed by atoms with Gasteiger partial charge < -0.3 is 5.32 Å². The molecule has 1 heteroatoms. The van der Waals surface area contributed by atoms with Crippen molar-refractivity contribution in [3.8, 4) is 0 Å². The Morgan fingerprint density at radius 3 is 2.00 bits per heavy atom. The molecule has 3 rings (SSSR count). The largest absolute Gasteiger partial charge is 0.308 e. The molecule has 3 fully saturated rings. The lowest BCUT2D eigenvalue weighted by Crippen LogP contribution is -2.60. The fourth-order valence-electron chi connectivity index (χ4n) is 4.50. The van der Waals surface area contributed by atoms with Crippen LogP contribution in [-0.4, -0.2) is 11.6 Å². The molecule has 0 saturated heterocycles. The second-order valence-electron chi connectivity index (χ2n) is 6.93. The molecule has 0 aromatic rings. The van der Waals surface area contributed by atoms with Crippen molar-refractivity contribution < 1.29 is 0 Å². The number of rotatable bonds is 2. The van der Waals surface area contributed by atoms with Crippen molar-refractivity contribution in [2.24, 2.45) is 5.41 Å². The van der Waals surface area contributed by atoms with Gasteiger partial charge in [-0.25, -0.2) is 0 Å². The van der Waals surface area contributed by atoms with Gasteiger partial charge in [-0.15, -0.1) is 0 Å². The van der Waals surface area contributed by atoms with Crippen LogP contribution in [0.5, 0.6) is 0 Å². The van der Waals surface area contributed by atoms with Crippen molar-refractivity contribution in [3.05, 3.63) is 0 Å². The molecule has 0 bridgehead atoms. The maximum atomic E-state index is 4.05. The van der Waals surface area contributed by atoms with Crippen LogP contribution in [0.15, 0.2) is 0 Å². The summed E-state index contributed by atoms with van der Waals surface area (Å²) in [5.74, 6) is 0. The van der Waals surface area contributed by atoms with Crippen molar-refractivity contribution in [2.75, 3.05) is 0 Å². The summed E-state index contributed by atoms with van der Waals surface area (Å²) in [4.78, 5) is 0. The molecule has 3 aliphatic carbocycles. The lowest BCUT2D eigenvalue weighted by atomic mass is 9.57. The van der Waals surface area contributed by atoms with Crippen molar-refractivity contribution in [1.29, 1.82) is 0 Å². The van der Waals surface area contributed by atoms with Crippen LogP contribution in [-0.2, 0) is 0 Å². The molecule has 0 radical (unpaired) electrons. The topological polar surface area (TPSA) is 12.0 Å². The third kappa shape index (κ3) is 1.81. The minimum Gasteiger partial charge on any atom is -0.308 e. The summed E-state index contributed by atoms with van der Waals surface area (Å²) < 4.78 is 0. The van der Waals surface area contributed by atoms with E-state index < -0.39 is 0 Å². The molecule has 3 saturated carbocycles. The molecule has 1 nitrogen and oxygen atoms in total. The fraction of sp³-hybridized carbons (Fsp3) is 1.00. The van der Waals surface area contributed by atoms with E-state index in [1.165, 1.54) is 70.6 Å². The van der Waals surface area contributed by atoms with Gasteiger partial charge >= 0.3 is 0 Å². The monoisotopic (exact) mass is 221 g/mol. The van der Waals surface area contributed by atoms with Crippen LogP contribution in [0.4, 0.5) is 0 Å². The van der Waals surface area contributed by atoms with Gasteiger partial charge in [-0.05, 0) is 50.9 Å². The Kier molecular flexibility index (Phi) is 2.78. The van der Waals surface area contributed by atoms with Crippen LogP contribution < -0.4 is 5.32 Å². The van der Waals surface area contributed by atoms with Crippen molar-refractivity contribution >= 4 is 0 Å². The Morgan fingerprint density at radius 2 is 1.44 bits per heavy atom. The molecular weight excluding hydrogens is 194 g/mol. The Bertz CT molecular complexity index is 246. The van der Waals surface area contributed by atoms with Crippen LogP contribution in [0.25, 0.3) is 0 Å². The fourth-order valence-corrected chi connectivity index (χ4v) is 4.50. The van der Waals surface area contributed by atoms with E-state index in [1.54, 1.807) is 0 Å². The summed E-state index contributed by atoms with van der Waals surface area (Å²) in [6.07, 6.45) is 16.2. The first-order valence-corrected chi connectivity index (χ1v) is 7.50. The lowest BCUT2D eigenvalue weighted by molar-refractivity contribution is 0.00601. The molecule has 0 aromatic heterocycles. The van der Waals surface area contributed by atoms with Gasteiger partial charge in [0.15, 0.2) is 0 Å². The molecule has 1 atom stereocenters. The van der Waals surface area contributed by atoms with E-state index in [-0.39, 0.29) is 0 Å². The number of hydrogen-bond acceptors (Lipinski definition) is 1. The Balaban J connectivity index is 1.62.